The summed E-state index contributed by atoms with van der Waals surface area (Å²) in [5, 5.41) is 17.2. The van der Waals surface area contributed by atoms with Gasteiger partial charge >= 0.3 is 0 Å². The lowest BCUT2D eigenvalue weighted by Crippen LogP contribution is -2.59. The molecule has 0 spiro atoms. The number of azide groups is 2. The van der Waals surface area contributed by atoms with E-state index in [1.807, 2.05) is 60.7 Å². The Balaban J connectivity index is 1.86. The van der Waals surface area contributed by atoms with Gasteiger partial charge in [-0.25, -0.2) is 0 Å². The van der Waals surface area contributed by atoms with Crippen LogP contribution in [0.4, 0.5) is 0 Å². The summed E-state index contributed by atoms with van der Waals surface area (Å²) in [6, 6.07) is 18.0. The molecule has 2 aromatic carbocycles. The average Bonchev–Trinajstić information content (AvgIpc) is 2.79. The maximum atomic E-state index is 9.87. The molecule has 0 saturated carbocycles. The van der Waals surface area contributed by atoms with Crippen LogP contribution in [0.25, 0.3) is 20.9 Å². The third-order valence-corrected chi connectivity index (χ3v) is 4.73. The molecular formula is C20H22N6O4. The summed E-state index contributed by atoms with van der Waals surface area (Å²) in [4.78, 5) is 5.63. The molecule has 0 bridgehead atoms. The number of rotatable bonds is 9. The summed E-state index contributed by atoms with van der Waals surface area (Å²) >= 11 is 0. The summed E-state index contributed by atoms with van der Waals surface area (Å²) in [6.45, 7) is 0.0755. The topological polar surface area (TPSA) is 145 Å². The maximum Gasteiger partial charge on any atom is 0.148 e. The van der Waals surface area contributed by atoms with Crippen molar-refractivity contribution in [2.24, 2.45) is 10.2 Å². The van der Waals surface area contributed by atoms with Crippen LogP contribution in [0.15, 0.2) is 70.9 Å². The molecular weight excluding hydrogens is 388 g/mol. The van der Waals surface area contributed by atoms with Crippen LogP contribution in [0, 0.1) is 0 Å². The standard InChI is InChI=1S/C20H22N6O4/c21-25-23-17-19(29-13-15-9-5-2-6-10-15)18(16(11-27)30-20(17)24-26-22)28-12-14-7-3-1-4-8-14/h1-10,16-20,27H,11-13H2/t16-,17-,18-,19-,20?/m1/s1. The van der Waals surface area contributed by atoms with Gasteiger partial charge in [-0.2, -0.15) is 0 Å². The molecule has 1 N–H and O–H groups in total. The Morgan fingerprint density at radius 2 is 1.37 bits per heavy atom. The molecule has 1 fully saturated rings. The van der Waals surface area contributed by atoms with Crippen molar-refractivity contribution in [2.45, 2.75) is 43.8 Å². The van der Waals surface area contributed by atoms with Gasteiger partial charge in [0.15, 0.2) is 0 Å². The highest BCUT2D eigenvalue weighted by molar-refractivity contribution is 5.15. The van der Waals surface area contributed by atoms with Crippen LogP contribution < -0.4 is 0 Å². The SMILES string of the molecule is [N-]=[N+]=NC1O[C@H](CO)[C@@H](OCc2ccccc2)[C@H](OCc2ccccc2)[C@H]1N=[N+]=[N-]. The van der Waals surface area contributed by atoms with Crippen LogP contribution in [0.3, 0.4) is 0 Å². The molecule has 0 radical (unpaired) electrons. The Kier molecular flexibility index (Phi) is 8.05. The molecule has 0 amide bonds. The lowest BCUT2D eigenvalue weighted by atomic mass is 9.96. The minimum Gasteiger partial charge on any atom is -0.394 e. The van der Waals surface area contributed by atoms with Gasteiger partial charge in [0.25, 0.3) is 0 Å². The molecule has 0 aliphatic carbocycles. The fourth-order valence-electron chi connectivity index (χ4n) is 3.31. The predicted octanol–water partition coefficient (Wildman–Crippen LogP) is 3.86. The van der Waals surface area contributed by atoms with E-state index in [9.17, 15) is 5.11 Å². The normalized spacial score (nSPS) is 25.7. The van der Waals surface area contributed by atoms with E-state index in [1.165, 1.54) is 0 Å². The Bertz CT molecular complexity index is 887. The van der Waals surface area contributed by atoms with Crippen molar-refractivity contribution in [3.8, 4) is 0 Å². The van der Waals surface area contributed by atoms with E-state index in [-0.39, 0.29) is 19.8 Å². The second-order valence-electron chi connectivity index (χ2n) is 6.67. The minimum atomic E-state index is -1.12. The van der Waals surface area contributed by atoms with Gasteiger partial charge in [-0.15, -0.1) is 0 Å². The average molecular weight is 410 g/mol. The molecule has 0 aromatic heterocycles. The molecule has 156 valence electrons. The third kappa shape index (κ3) is 5.49. The summed E-state index contributed by atoms with van der Waals surface area (Å²) in [7, 11) is 0. The van der Waals surface area contributed by atoms with E-state index >= 15 is 0 Å². The van der Waals surface area contributed by atoms with E-state index < -0.39 is 30.6 Å². The van der Waals surface area contributed by atoms with Crippen LogP contribution in [-0.4, -0.2) is 42.3 Å². The first-order valence-electron chi connectivity index (χ1n) is 9.42. The Morgan fingerprint density at radius 1 is 0.833 bits per heavy atom. The Labute approximate surface area is 173 Å². The van der Waals surface area contributed by atoms with Crippen LogP contribution in [-0.2, 0) is 27.4 Å². The van der Waals surface area contributed by atoms with Crippen LogP contribution >= 0.6 is 0 Å². The summed E-state index contributed by atoms with van der Waals surface area (Å²) < 4.78 is 17.8. The number of aliphatic hydroxyl groups is 1. The van der Waals surface area contributed by atoms with Crippen LogP contribution in [0.1, 0.15) is 11.1 Å². The van der Waals surface area contributed by atoms with Gasteiger partial charge in [0.05, 0.1) is 32.0 Å². The second kappa shape index (κ2) is 11.2. The second-order valence-corrected chi connectivity index (χ2v) is 6.67. The molecule has 1 unspecified atom stereocenters. The van der Waals surface area contributed by atoms with Gasteiger partial charge in [0.1, 0.15) is 18.4 Å². The van der Waals surface area contributed by atoms with Crippen molar-refractivity contribution in [2.75, 3.05) is 6.61 Å². The molecule has 1 saturated heterocycles. The lowest BCUT2D eigenvalue weighted by molar-refractivity contribution is -0.222. The Hall–Kier alpha value is -3.10. The first kappa shape index (κ1) is 21.6. The molecule has 30 heavy (non-hydrogen) atoms. The first-order chi connectivity index (χ1) is 14.8. The number of benzene rings is 2. The zero-order chi connectivity index (χ0) is 21.2. The van der Waals surface area contributed by atoms with Gasteiger partial charge in [0.2, 0.25) is 0 Å². The zero-order valence-corrected chi connectivity index (χ0v) is 16.1. The number of aliphatic hydroxyl groups excluding tert-OH is 1. The minimum absolute atomic E-state index is 0.218. The summed E-state index contributed by atoms with van der Waals surface area (Å²) in [5.41, 5.74) is 19.8. The number of nitrogens with zero attached hydrogens (tertiary/aromatic N) is 6. The molecule has 2 aromatic rings. The summed E-state index contributed by atoms with van der Waals surface area (Å²) in [6.07, 6.45) is -3.50. The zero-order valence-electron chi connectivity index (χ0n) is 16.1. The van der Waals surface area contributed by atoms with Crippen molar-refractivity contribution in [1.82, 2.24) is 0 Å². The number of hydrogen-bond acceptors (Lipinski definition) is 6. The van der Waals surface area contributed by atoms with E-state index in [0.29, 0.717) is 0 Å². The highest BCUT2D eigenvalue weighted by atomic mass is 16.6. The molecule has 1 aliphatic heterocycles. The fourth-order valence-corrected chi connectivity index (χ4v) is 3.31. The van der Waals surface area contributed by atoms with Gasteiger partial charge < -0.3 is 19.3 Å². The number of ether oxygens (including phenoxy) is 3. The quantitative estimate of drug-likeness (QED) is 0.380. The molecule has 3 rings (SSSR count). The van der Waals surface area contributed by atoms with Gasteiger partial charge in [0, 0.05) is 9.82 Å². The molecule has 1 heterocycles. The fraction of sp³-hybridized carbons (Fsp3) is 0.400. The maximum absolute atomic E-state index is 9.87. The molecule has 1 aliphatic rings. The van der Waals surface area contributed by atoms with Gasteiger partial charge in [-0.3, -0.25) is 0 Å². The largest absolute Gasteiger partial charge is 0.394 e. The summed E-state index contributed by atoms with van der Waals surface area (Å²) in [5.74, 6) is 0. The van der Waals surface area contributed by atoms with Crippen LogP contribution in [0.5, 0.6) is 0 Å². The predicted molar refractivity (Wildman–Crippen MR) is 108 cm³/mol. The van der Waals surface area contributed by atoms with Crippen molar-refractivity contribution in [3.63, 3.8) is 0 Å². The highest BCUT2D eigenvalue weighted by Crippen LogP contribution is 2.30. The smallest absolute Gasteiger partial charge is 0.148 e. The van der Waals surface area contributed by atoms with E-state index in [1.54, 1.807) is 0 Å². The monoisotopic (exact) mass is 410 g/mol. The Morgan fingerprint density at radius 3 is 1.87 bits per heavy atom. The van der Waals surface area contributed by atoms with E-state index in [2.05, 4.69) is 20.1 Å². The van der Waals surface area contributed by atoms with Crippen LogP contribution in [0.2, 0.25) is 0 Å². The molecule has 5 atom stereocenters. The van der Waals surface area contributed by atoms with Crippen molar-refractivity contribution in [1.29, 1.82) is 0 Å². The number of hydrogen-bond donors (Lipinski definition) is 1. The molecule has 10 heteroatoms. The van der Waals surface area contributed by atoms with Gasteiger partial charge in [-0.05, 0) is 22.2 Å². The van der Waals surface area contributed by atoms with Gasteiger partial charge in [-0.1, -0.05) is 70.9 Å². The first-order valence-corrected chi connectivity index (χ1v) is 9.42. The lowest BCUT2D eigenvalue weighted by Gasteiger charge is -2.43. The van der Waals surface area contributed by atoms with Crippen molar-refractivity contribution < 1.29 is 19.3 Å². The highest BCUT2D eigenvalue weighted by Gasteiger charge is 2.46. The van der Waals surface area contributed by atoms with E-state index in [4.69, 9.17) is 25.3 Å². The third-order valence-electron chi connectivity index (χ3n) is 4.73. The van der Waals surface area contributed by atoms with Crippen molar-refractivity contribution >= 4 is 0 Å². The van der Waals surface area contributed by atoms with Crippen molar-refractivity contribution in [3.05, 3.63) is 92.7 Å². The molecule has 10 nitrogen and oxygen atoms in total. The van der Waals surface area contributed by atoms with E-state index in [0.717, 1.165) is 11.1 Å².